The first-order valence-corrected chi connectivity index (χ1v) is 11.0. The van der Waals surface area contributed by atoms with Gasteiger partial charge < -0.3 is 19.9 Å². The van der Waals surface area contributed by atoms with Gasteiger partial charge in [-0.25, -0.2) is 0 Å². The van der Waals surface area contributed by atoms with E-state index in [2.05, 4.69) is 56.6 Å². The summed E-state index contributed by atoms with van der Waals surface area (Å²) in [5, 5.41) is 4.67. The highest BCUT2D eigenvalue weighted by Gasteiger charge is 2.43. The molecule has 1 saturated heterocycles. The molecule has 1 fully saturated rings. The van der Waals surface area contributed by atoms with E-state index in [1.54, 1.807) is 7.11 Å². The highest BCUT2D eigenvalue weighted by molar-refractivity contribution is 14.1. The summed E-state index contributed by atoms with van der Waals surface area (Å²) in [7, 11) is 1.61. The van der Waals surface area contributed by atoms with Gasteiger partial charge in [0.15, 0.2) is 5.11 Å². The number of rotatable bonds is 4. The Morgan fingerprint density at radius 2 is 2.00 bits per heavy atom. The number of aryl methyl sites for hydroxylation is 2. The molecule has 0 spiro atoms. The second-order valence-electron chi connectivity index (χ2n) is 6.92. The van der Waals surface area contributed by atoms with Crippen LogP contribution >= 0.6 is 46.4 Å². The van der Waals surface area contributed by atoms with Crippen LogP contribution in [0.3, 0.4) is 0 Å². The summed E-state index contributed by atoms with van der Waals surface area (Å²) >= 11 is 14.6. The number of anilines is 1. The zero-order valence-corrected chi connectivity index (χ0v) is 19.9. The van der Waals surface area contributed by atoms with Crippen LogP contribution in [0.2, 0.25) is 5.02 Å². The third kappa shape index (κ3) is 3.60. The smallest absolute Gasteiger partial charge is 0.174 e. The summed E-state index contributed by atoms with van der Waals surface area (Å²) in [6.45, 7) is 4.18. The number of hydrogen-bond acceptors (Lipinski definition) is 3. The SMILES string of the molecule is COc1ccc(N2C(=S)NC(c3ccccn3)C2c2c(C)[nH]c(C)c2I)cc1Cl. The summed E-state index contributed by atoms with van der Waals surface area (Å²) in [6, 6.07) is 11.5. The highest BCUT2D eigenvalue weighted by atomic mass is 127. The molecule has 29 heavy (non-hydrogen) atoms. The van der Waals surface area contributed by atoms with Gasteiger partial charge in [-0.3, -0.25) is 4.98 Å². The number of nitrogens with one attached hydrogen (secondary N) is 2. The van der Waals surface area contributed by atoms with E-state index in [4.69, 9.17) is 28.6 Å². The van der Waals surface area contributed by atoms with Crippen molar-refractivity contribution < 1.29 is 4.74 Å². The number of nitrogens with zero attached hydrogens (tertiary/aromatic N) is 2. The van der Waals surface area contributed by atoms with Crippen LogP contribution in [-0.4, -0.2) is 22.2 Å². The van der Waals surface area contributed by atoms with E-state index in [0.717, 1.165) is 22.8 Å². The van der Waals surface area contributed by atoms with E-state index < -0.39 is 0 Å². The lowest BCUT2D eigenvalue weighted by atomic mass is 9.96. The molecule has 0 saturated carbocycles. The summed E-state index contributed by atoms with van der Waals surface area (Å²) in [4.78, 5) is 10.2. The average molecular weight is 539 g/mol. The molecule has 0 radical (unpaired) electrons. The minimum Gasteiger partial charge on any atom is -0.495 e. The molecule has 2 unspecified atom stereocenters. The van der Waals surface area contributed by atoms with Crippen molar-refractivity contribution in [3.8, 4) is 5.75 Å². The number of halogens is 2. The Morgan fingerprint density at radius 3 is 2.59 bits per heavy atom. The first-order valence-electron chi connectivity index (χ1n) is 9.11. The van der Waals surface area contributed by atoms with Gasteiger partial charge in [-0.15, -0.1) is 0 Å². The van der Waals surface area contributed by atoms with Gasteiger partial charge in [0.05, 0.1) is 29.9 Å². The van der Waals surface area contributed by atoms with Crippen molar-refractivity contribution in [2.75, 3.05) is 12.0 Å². The van der Waals surface area contributed by atoms with Gasteiger partial charge >= 0.3 is 0 Å². The van der Waals surface area contributed by atoms with E-state index in [0.29, 0.717) is 15.9 Å². The van der Waals surface area contributed by atoms with Gasteiger partial charge in [-0.05, 0) is 79.0 Å². The van der Waals surface area contributed by atoms with Crippen molar-refractivity contribution in [1.29, 1.82) is 0 Å². The molecule has 150 valence electrons. The molecule has 4 rings (SSSR count). The number of pyridine rings is 1. The van der Waals surface area contributed by atoms with E-state index in [1.165, 1.54) is 9.13 Å². The molecule has 1 aromatic carbocycles. The predicted octanol–water partition coefficient (Wildman–Crippen LogP) is 5.47. The summed E-state index contributed by atoms with van der Waals surface area (Å²) in [5.41, 5.74) is 5.32. The zero-order valence-electron chi connectivity index (χ0n) is 16.2. The van der Waals surface area contributed by atoms with Gasteiger partial charge in [-0.1, -0.05) is 17.7 Å². The molecule has 3 heterocycles. The van der Waals surface area contributed by atoms with Gasteiger partial charge in [0, 0.05) is 32.4 Å². The molecule has 0 amide bonds. The molecule has 3 aromatic rings. The Labute approximate surface area is 194 Å². The number of hydrogen-bond donors (Lipinski definition) is 2. The summed E-state index contributed by atoms with van der Waals surface area (Å²) in [6.07, 6.45) is 1.81. The van der Waals surface area contributed by atoms with Crippen molar-refractivity contribution in [3.63, 3.8) is 0 Å². The standard InChI is InChI=1S/C21H20ClIN4OS/c1-11-17(18(23)12(2)25-11)20-19(15-6-4-5-9-24-15)26-21(29)27(20)13-7-8-16(28-3)14(22)10-13/h4-10,19-20,25H,1-3H3,(H,26,29). The lowest BCUT2D eigenvalue weighted by Crippen LogP contribution is -2.29. The summed E-state index contributed by atoms with van der Waals surface area (Å²) in [5.74, 6) is 0.634. The average Bonchev–Trinajstić information content (AvgIpc) is 3.17. The van der Waals surface area contributed by atoms with Gasteiger partial charge in [0.2, 0.25) is 0 Å². The Kier molecular flexibility index (Phi) is 5.72. The minimum atomic E-state index is -0.0907. The minimum absolute atomic E-state index is 0.0706. The number of benzene rings is 1. The Balaban J connectivity index is 1.89. The van der Waals surface area contributed by atoms with Crippen LogP contribution < -0.4 is 15.0 Å². The van der Waals surface area contributed by atoms with Crippen molar-refractivity contribution in [3.05, 3.63) is 73.8 Å². The quantitative estimate of drug-likeness (QED) is 0.341. The van der Waals surface area contributed by atoms with Gasteiger partial charge in [-0.2, -0.15) is 0 Å². The number of ether oxygens (including phenoxy) is 1. The van der Waals surface area contributed by atoms with Crippen molar-refractivity contribution in [2.24, 2.45) is 0 Å². The lowest BCUT2D eigenvalue weighted by Gasteiger charge is -2.28. The van der Waals surface area contributed by atoms with E-state index in [9.17, 15) is 0 Å². The second-order valence-corrected chi connectivity index (χ2v) is 8.79. The van der Waals surface area contributed by atoms with Crippen LogP contribution in [0.25, 0.3) is 0 Å². The summed E-state index contributed by atoms with van der Waals surface area (Å²) < 4.78 is 6.51. The van der Waals surface area contributed by atoms with Crippen LogP contribution in [0.1, 0.15) is 34.7 Å². The molecule has 2 N–H and O–H groups in total. The Bertz CT molecular complexity index is 1070. The van der Waals surface area contributed by atoms with E-state index in [1.807, 2.05) is 42.6 Å². The first kappa shape index (κ1) is 20.4. The molecule has 1 aliphatic rings. The van der Waals surface area contributed by atoms with E-state index >= 15 is 0 Å². The third-order valence-electron chi connectivity index (χ3n) is 5.15. The van der Waals surface area contributed by atoms with Gasteiger partial charge in [0.1, 0.15) is 5.75 Å². The normalized spacial score (nSPS) is 18.8. The predicted molar refractivity (Wildman–Crippen MR) is 129 cm³/mol. The molecule has 2 aromatic heterocycles. The Morgan fingerprint density at radius 1 is 1.21 bits per heavy atom. The number of methoxy groups -OCH3 is 1. The monoisotopic (exact) mass is 538 g/mol. The van der Waals surface area contributed by atoms with Gasteiger partial charge in [0.25, 0.3) is 0 Å². The zero-order chi connectivity index (χ0) is 20.7. The van der Waals surface area contributed by atoms with E-state index in [-0.39, 0.29) is 12.1 Å². The molecule has 5 nitrogen and oxygen atoms in total. The number of aromatic amines is 1. The number of H-pyrrole nitrogens is 1. The number of thiocarbonyl (C=S) groups is 1. The largest absolute Gasteiger partial charge is 0.495 e. The third-order valence-corrected chi connectivity index (χ3v) is 7.15. The first-order chi connectivity index (χ1) is 13.9. The molecule has 8 heteroatoms. The van der Waals surface area contributed by atoms with Crippen LogP contribution in [0.4, 0.5) is 5.69 Å². The maximum Gasteiger partial charge on any atom is 0.174 e. The van der Waals surface area contributed by atoms with Crippen LogP contribution in [-0.2, 0) is 0 Å². The molecular weight excluding hydrogens is 519 g/mol. The fourth-order valence-electron chi connectivity index (χ4n) is 3.85. The van der Waals surface area contributed by atoms with Crippen molar-refractivity contribution in [2.45, 2.75) is 25.9 Å². The second kappa shape index (κ2) is 8.12. The van der Waals surface area contributed by atoms with Crippen molar-refractivity contribution in [1.82, 2.24) is 15.3 Å². The topological polar surface area (TPSA) is 53.2 Å². The van der Waals surface area contributed by atoms with Crippen LogP contribution in [0.5, 0.6) is 5.75 Å². The fraction of sp³-hybridized carbons (Fsp3) is 0.238. The highest BCUT2D eigenvalue weighted by Crippen LogP contribution is 2.45. The number of aromatic nitrogens is 2. The van der Waals surface area contributed by atoms with Crippen LogP contribution in [0, 0.1) is 17.4 Å². The Hall–Kier alpha value is -1.84. The van der Waals surface area contributed by atoms with Crippen LogP contribution in [0.15, 0.2) is 42.6 Å². The molecule has 2 atom stereocenters. The maximum absolute atomic E-state index is 6.43. The molecule has 0 aliphatic carbocycles. The lowest BCUT2D eigenvalue weighted by molar-refractivity contribution is 0.415. The molecular formula is C21H20ClIN4OS. The molecule has 0 bridgehead atoms. The van der Waals surface area contributed by atoms with Crippen molar-refractivity contribution >= 4 is 57.2 Å². The molecule has 1 aliphatic heterocycles. The maximum atomic E-state index is 6.43. The fourth-order valence-corrected chi connectivity index (χ4v) is 5.31.